The minimum atomic E-state index is 0.0158. The molecular formula is C18H26N6O. The van der Waals surface area contributed by atoms with E-state index in [9.17, 15) is 0 Å². The monoisotopic (exact) mass is 342 g/mol. The second kappa shape index (κ2) is 7.00. The topological polar surface area (TPSA) is 68.1 Å². The van der Waals surface area contributed by atoms with E-state index < -0.39 is 0 Å². The van der Waals surface area contributed by atoms with Gasteiger partial charge in [0.25, 0.3) is 0 Å². The van der Waals surface area contributed by atoms with Gasteiger partial charge in [-0.15, -0.1) is 0 Å². The van der Waals surface area contributed by atoms with Gasteiger partial charge in [-0.3, -0.25) is 4.68 Å². The molecule has 0 aliphatic carbocycles. The highest BCUT2D eigenvalue weighted by molar-refractivity contribution is 5.43. The third kappa shape index (κ3) is 3.33. The average Bonchev–Trinajstić information content (AvgIpc) is 3.23. The zero-order valence-electron chi connectivity index (χ0n) is 15.0. The van der Waals surface area contributed by atoms with Crippen molar-refractivity contribution in [2.45, 2.75) is 44.8 Å². The van der Waals surface area contributed by atoms with Crippen LogP contribution in [0.3, 0.4) is 0 Å². The van der Waals surface area contributed by atoms with Crippen molar-refractivity contribution < 1.29 is 4.74 Å². The van der Waals surface area contributed by atoms with Crippen LogP contribution in [-0.2, 0) is 11.8 Å². The molecule has 2 unspecified atom stereocenters. The Hall–Kier alpha value is -2.15. The Kier molecular flexibility index (Phi) is 4.57. The molecule has 7 nitrogen and oxygen atoms in total. The molecule has 134 valence electrons. The van der Waals surface area contributed by atoms with E-state index in [2.05, 4.69) is 27.2 Å². The van der Waals surface area contributed by atoms with Crippen molar-refractivity contribution in [3.63, 3.8) is 0 Å². The van der Waals surface area contributed by atoms with E-state index in [4.69, 9.17) is 9.72 Å². The van der Waals surface area contributed by atoms with Gasteiger partial charge in [0, 0.05) is 44.2 Å². The summed E-state index contributed by atoms with van der Waals surface area (Å²) in [5.74, 6) is 1.70. The quantitative estimate of drug-likeness (QED) is 0.920. The van der Waals surface area contributed by atoms with Crippen LogP contribution in [0.15, 0.2) is 18.5 Å². The predicted molar refractivity (Wildman–Crippen MR) is 96.8 cm³/mol. The second-order valence-electron chi connectivity index (χ2n) is 6.93. The van der Waals surface area contributed by atoms with Crippen molar-refractivity contribution in [2.24, 2.45) is 7.05 Å². The maximum absolute atomic E-state index is 5.99. The number of nitrogens with zero attached hydrogens (tertiary/aromatic N) is 5. The normalized spacial score (nSPS) is 23.8. The molecule has 2 atom stereocenters. The molecule has 2 aliphatic rings. The van der Waals surface area contributed by atoms with Gasteiger partial charge in [0.15, 0.2) is 0 Å². The average molecular weight is 342 g/mol. The zero-order chi connectivity index (χ0) is 17.2. The predicted octanol–water partition coefficient (Wildman–Crippen LogP) is 2.45. The summed E-state index contributed by atoms with van der Waals surface area (Å²) in [7, 11) is 1.96. The Labute approximate surface area is 148 Å². The molecule has 1 N–H and O–H groups in total. The first-order valence-electron chi connectivity index (χ1n) is 9.17. The Balaban J connectivity index is 1.50. The summed E-state index contributed by atoms with van der Waals surface area (Å²) < 4.78 is 7.89. The van der Waals surface area contributed by atoms with Gasteiger partial charge in [-0.25, -0.2) is 4.98 Å². The summed E-state index contributed by atoms with van der Waals surface area (Å²) >= 11 is 0. The number of nitrogens with one attached hydrogen (secondary N) is 1. The molecule has 2 saturated heterocycles. The Morgan fingerprint density at radius 2 is 2.08 bits per heavy atom. The van der Waals surface area contributed by atoms with E-state index in [1.807, 2.05) is 30.2 Å². The standard InChI is InChI=1S/C18H26N6O/c1-13-14(12-20-23(13)2)17-15(7-11-25-17)21-16-6-8-19-18(22-16)24-9-4-3-5-10-24/h6,8,12,15,17H,3-5,7,9-11H2,1-2H3,(H,19,21,22). The number of hydrogen-bond donors (Lipinski definition) is 1. The molecule has 0 bridgehead atoms. The number of aromatic nitrogens is 4. The molecule has 0 aromatic carbocycles. The van der Waals surface area contributed by atoms with Gasteiger partial charge in [-0.1, -0.05) is 0 Å². The first-order valence-corrected chi connectivity index (χ1v) is 9.17. The van der Waals surface area contributed by atoms with Crippen LogP contribution in [0.2, 0.25) is 0 Å². The van der Waals surface area contributed by atoms with E-state index in [-0.39, 0.29) is 12.1 Å². The Morgan fingerprint density at radius 1 is 1.24 bits per heavy atom. The molecule has 0 saturated carbocycles. The van der Waals surface area contributed by atoms with E-state index in [1.165, 1.54) is 19.3 Å². The van der Waals surface area contributed by atoms with Crippen LogP contribution in [0, 0.1) is 6.92 Å². The van der Waals surface area contributed by atoms with Gasteiger partial charge in [0.2, 0.25) is 5.95 Å². The van der Waals surface area contributed by atoms with E-state index in [1.54, 1.807) is 0 Å². The van der Waals surface area contributed by atoms with Crippen molar-refractivity contribution in [2.75, 3.05) is 29.9 Å². The van der Waals surface area contributed by atoms with Crippen LogP contribution in [0.5, 0.6) is 0 Å². The third-order valence-corrected chi connectivity index (χ3v) is 5.29. The van der Waals surface area contributed by atoms with Crippen LogP contribution in [-0.4, -0.2) is 45.5 Å². The number of piperidine rings is 1. The lowest BCUT2D eigenvalue weighted by Gasteiger charge is -2.27. The van der Waals surface area contributed by atoms with E-state index >= 15 is 0 Å². The highest BCUT2D eigenvalue weighted by Gasteiger charge is 2.32. The maximum atomic E-state index is 5.99. The molecular weight excluding hydrogens is 316 g/mol. The van der Waals surface area contributed by atoms with E-state index in [0.29, 0.717) is 0 Å². The molecule has 25 heavy (non-hydrogen) atoms. The summed E-state index contributed by atoms with van der Waals surface area (Å²) in [5.41, 5.74) is 2.30. The van der Waals surface area contributed by atoms with Gasteiger partial charge < -0.3 is 15.0 Å². The molecule has 2 aliphatic heterocycles. The van der Waals surface area contributed by atoms with Gasteiger partial charge in [0.05, 0.1) is 12.2 Å². The fourth-order valence-corrected chi connectivity index (χ4v) is 3.70. The van der Waals surface area contributed by atoms with Crippen molar-refractivity contribution in [3.8, 4) is 0 Å². The first kappa shape index (κ1) is 16.3. The Bertz CT molecular complexity index is 724. The highest BCUT2D eigenvalue weighted by atomic mass is 16.5. The van der Waals surface area contributed by atoms with E-state index in [0.717, 1.165) is 49.1 Å². The minimum Gasteiger partial charge on any atom is -0.371 e. The molecule has 0 radical (unpaired) electrons. The molecule has 0 amide bonds. The van der Waals surface area contributed by atoms with Crippen molar-refractivity contribution in [1.82, 2.24) is 19.7 Å². The zero-order valence-corrected chi connectivity index (χ0v) is 15.0. The summed E-state index contributed by atoms with van der Waals surface area (Å²) in [6, 6.07) is 2.14. The molecule has 4 rings (SSSR count). The second-order valence-corrected chi connectivity index (χ2v) is 6.93. The third-order valence-electron chi connectivity index (χ3n) is 5.29. The van der Waals surface area contributed by atoms with Crippen molar-refractivity contribution in [1.29, 1.82) is 0 Å². The number of rotatable bonds is 4. The van der Waals surface area contributed by atoms with Gasteiger partial charge in [0.1, 0.15) is 11.9 Å². The molecule has 2 aromatic heterocycles. The molecule has 2 aromatic rings. The lowest BCUT2D eigenvalue weighted by molar-refractivity contribution is 0.107. The number of aryl methyl sites for hydroxylation is 1. The summed E-state index contributed by atoms with van der Waals surface area (Å²) in [6.45, 7) is 4.93. The smallest absolute Gasteiger partial charge is 0.227 e. The lowest BCUT2D eigenvalue weighted by atomic mass is 10.0. The SMILES string of the molecule is Cc1c(C2OCCC2Nc2ccnc(N3CCCCC3)n2)cnn1C. The molecule has 2 fully saturated rings. The summed E-state index contributed by atoms with van der Waals surface area (Å²) in [6.07, 6.45) is 8.49. The fraction of sp³-hybridized carbons (Fsp3) is 0.611. The van der Waals surface area contributed by atoms with Gasteiger partial charge in [-0.05, 0) is 38.7 Å². The fourth-order valence-electron chi connectivity index (χ4n) is 3.70. The maximum Gasteiger partial charge on any atom is 0.227 e. The summed E-state index contributed by atoms with van der Waals surface area (Å²) in [5, 5.41) is 7.92. The van der Waals surface area contributed by atoms with Crippen LogP contribution >= 0.6 is 0 Å². The number of hydrogen-bond acceptors (Lipinski definition) is 6. The summed E-state index contributed by atoms with van der Waals surface area (Å²) in [4.78, 5) is 11.5. The number of anilines is 2. The first-order chi connectivity index (χ1) is 12.2. The van der Waals surface area contributed by atoms with Crippen LogP contribution < -0.4 is 10.2 Å². The Morgan fingerprint density at radius 3 is 2.84 bits per heavy atom. The van der Waals surface area contributed by atoms with Gasteiger partial charge in [-0.2, -0.15) is 10.1 Å². The molecule has 0 spiro atoms. The van der Waals surface area contributed by atoms with Crippen molar-refractivity contribution >= 4 is 11.8 Å². The number of ether oxygens (including phenoxy) is 1. The minimum absolute atomic E-state index is 0.0158. The van der Waals surface area contributed by atoms with Crippen LogP contribution in [0.4, 0.5) is 11.8 Å². The lowest BCUT2D eigenvalue weighted by Crippen LogP contribution is -2.31. The van der Waals surface area contributed by atoms with Gasteiger partial charge >= 0.3 is 0 Å². The largest absolute Gasteiger partial charge is 0.371 e. The molecule has 7 heteroatoms. The van der Waals surface area contributed by atoms with Crippen LogP contribution in [0.25, 0.3) is 0 Å². The van der Waals surface area contributed by atoms with Crippen LogP contribution in [0.1, 0.15) is 43.0 Å². The molecule has 4 heterocycles. The van der Waals surface area contributed by atoms with Crippen molar-refractivity contribution in [3.05, 3.63) is 29.7 Å². The highest BCUT2D eigenvalue weighted by Crippen LogP contribution is 2.33.